The number of amides is 1. The van der Waals surface area contributed by atoms with Gasteiger partial charge in [0.15, 0.2) is 12.4 Å². The number of nitrogens with zero attached hydrogens (tertiary/aromatic N) is 4. The summed E-state index contributed by atoms with van der Waals surface area (Å²) in [6.45, 7) is -0.757. The predicted octanol–water partition coefficient (Wildman–Crippen LogP) is 2.18. The van der Waals surface area contributed by atoms with Crippen LogP contribution in [0.3, 0.4) is 0 Å². The molecule has 0 saturated carbocycles. The molecule has 1 amide bonds. The number of carbonyl (C=O) groups is 4. The van der Waals surface area contributed by atoms with Gasteiger partial charge in [-0.1, -0.05) is 24.3 Å². The molecule has 0 aromatic heterocycles. The van der Waals surface area contributed by atoms with Crippen molar-refractivity contribution in [1.29, 1.82) is 10.5 Å². The van der Waals surface area contributed by atoms with Crippen LogP contribution in [0, 0.1) is 32.8 Å². The van der Waals surface area contributed by atoms with Gasteiger partial charge in [0.05, 0.1) is 29.9 Å². The molecule has 11 nitrogen and oxygen atoms in total. The molecule has 1 aliphatic rings. The molecule has 34 heavy (non-hydrogen) atoms. The Balaban J connectivity index is 1.90. The lowest BCUT2D eigenvalue weighted by molar-refractivity contribution is -0.385. The molecule has 0 bridgehead atoms. The van der Waals surface area contributed by atoms with E-state index in [2.05, 4.69) is 0 Å². The molecule has 1 aliphatic carbocycles. The number of hydrogen-bond donors (Lipinski definition) is 0. The van der Waals surface area contributed by atoms with Crippen molar-refractivity contribution in [1.82, 2.24) is 4.90 Å². The lowest BCUT2D eigenvalue weighted by Gasteiger charge is -2.20. The van der Waals surface area contributed by atoms with Crippen LogP contribution in [-0.4, -0.2) is 53.0 Å². The molecule has 3 rings (SSSR count). The molecular formula is C23H16N4O7. The zero-order valence-electron chi connectivity index (χ0n) is 17.6. The van der Waals surface area contributed by atoms with Crippen LogP contribution in [0.4, 0.5) is 5.69 Å². The van der Waals surface area contributed by atoms with Crippen molar-refractivity contribution in [3.8, 4) is 12.1 Å². The number of benzene rings is 2. The second-order valence-corrected chi connectivity index (χ2v) is 7.12. The van der Waals surface area contributed by atoms with Crippen LogP contribution in [0.15, 0.2) is 36.4 Å². The molecular weight excluding hydrogens is 444 g/mol. The van der Waals surface area contributed by atoms with Crippen molar-refractivity contribution in [2.24, 2.45) is 0 Å². The molecule has 0 aliphatic heterocycles. The van der Waals surface area contributed by atoms with E-state index in [1.165, 1.54) is 23.1 Å². The molecule has 2 aromatic carbocycles. The van der Waals surface area contributed by atoms with E-state index >= 15 is 0 Å². The summed E-state index contributed by atoms with van der Waals surface area (Å²) in [6.07, 6.45) is -0.00194. The molecule has 0 N–H and O–H groups in total. The number of nitro groups is 1. The first-order chi connectivity index (χ1) is 16.3. The fourth-order valence-corrected chi connectivity index (χ4v) is 3.55. The summed E-state index contributed by atoms with van der Waals surface area (Å²) in [7, 11) is 0. The van der Waals surface area contributed by atoms with E-state index < -0.39 is 51.8 Å². The maximum atomic E-state index is 13.0. The van der Waals surface area contributed by atoms with Gasteiger partial charge in [-0.2, -0.15) is 10.5 Å². The summed E-state index contributed by atoms with van der Waals surface area (Å²) < 4.78 is 4.95. The van der Waals surface area contributed by atoms with Crippen LogP contribution >= 0.6 is 0 Å². The van der Waals surface area contributed by atoms with Gasteiger partial charge in [-0.3, -0.25) is 24.5 Å². The molecule has 0 unspecified atom stereocenters. The van der Waals surface area contributed by atoms with Crippen molar-refractivity contribution >= 4 is 29.1 Å². The highest BCUT2D eigenvalue weighted by Gasteiger charge is 2.39. The molecule has 0 saturated heterocycles. The molecule has 11 heteroatoms. The first-order valence-electron chi connectivity index (χ1n) is 10.0. The summed E-state index contributed by atoms with van der Waals surface area (Å²) in [5.74, 6) is -3.29. The van der Waals surface area contributed by atoms with Gasteiger partial charge in [0.25, 0.3) is 11.6 Å². The Bertz CT molecular complexity index is 1290. The van der Waals surface area contributed by atoms with E-state index in [1.807, 2.05) is 12.1 Å². The first kappa shape index (κ1) is 23.8. The summed E-state index contributed by atoms with van der Waals surface area (Å²) >= 11 is 0. The van der Waals surface area contributed by atoms with Crippen molar-refractivity contribution < 1.29 is 28.8 Å². The largest absolute Gasteiger partial charge is 0.452 e. The minimum Gasteiger partial charge on any atom is -0.452 e. The molecule has 0 spiro atoms. The zero-order valence-corrected chi connectivity index (χ0v) is 17.6. The third-order valence-electron chi connectivity index (χ3n) is 5.13. The van der Waals surface area contributed by atoms with E-state index in [0.717, 1.165) is 12.1 Å². The molecule has 0 heterocycles. The number of hydrogen-bond acceptors (Lipinski definition) is 9. The monoisotopic (exact) mass is 460 g/mol. The molecule has 0 fully saturated rings. The number of ether oxygens (including phenoxy) is 1. The highest BCUT2D eigenvalue weighted by molar-refractivity contribution is 6.30. The lowest BCUT2D eigenvalue weighted by Crippen LogP contribution is -2.36. The second-order valence-electron chi connectivity index (χ2n) is 7.12. The number of esters is 1. The maximum Gasteiger partial charge on any atom is 0.345 e. The number of nitro benzene ring substituents is 1. The van der Waals surface area contributed by atoms with Crippen LogP contribution in [0.2, 0.25) is 0 Å². The van der Waals surface area contributed by atoms with Crippen LogP contribution < -0.4 is 0 Å². The van der Waals surface area contributed by atoms with Gasteiger partial charge in [0.2, 0.25) is 5.78 Å². The van der Waals surface area contributed by atoms with Crippen LogP contribution in [-0.2, 0) is 9.53 Å². The molecule has 0 radical (unpaired) electrons. The van der Waals surface area contributed by atoms with E-state index in [9.17, 15) is 29.3 Å². The van der Waals surface area contributed by atoms with Gasteiger partial charge in [-0.15, -0.1) is 0 Å². The van der Waals surface area contributed by atoms with Crippen molar-refractivity contribution in [3.63, 3.8) is 0 Å². The topological polar surface area (TPSA) is 171 Å². The third-order valence-corrected chi connectivity index (χ3v) is 5.13. The minimum atomic E-state index is -1.23. The van der Waals surface area contributed by atoms with E-state index in [-0.39, 0.29) is 42.6 Å². The Morgan fingerprint density at radius 2 is 1.53 bits per heavy atom. The van der Waals surface area contributed by atoms with Crippen molar-refractivity contribution in [2.45, 2.75) is 12.8 Å². The van der Waals surface area contributed by atoms with E-state index in [1.54, 1.807) is 6.07 Å². The van der Waals surface area contributed by atoms with Gasteiger partial charge in [0.1, 0.15) is 11.1 Å². The zero-order chi connectivity index (χ0) is 24.8. The fraction of sp³-hybridized carbons (Fsp3) is 0.217. The van der Waals surface area contributed by atoms with Crippen LogP contribution in [0.1, 0.15) is 55.0 Å². The number of rotatable bonds is 8. The van der Waals surface area contributed by atoms with Gasteiger partial charge < -0.3 is 9.64 Å². The standard InChI is InChI=1S/C23H16N4O7/c24-9-3-11-26(12-4-10-25)18(28)13-34-23(31)17-8-7-16-19(20(17)27(32)33)22(30)15-6-2-1-5-14(15)21(16)29/h1-2,5-8H,3-4,11-13H2. The second kappa shape index (κ2) is 10.1. The number of ketones is 2. The predicted molar refractivity (Wildman–Crippen MR) is 114 cm³/mol. The maximum absolute atomic E-state index is 13.0. The summed E-state index contributed by atoms with van der Waals surface area (Å²) in [4.78, 5) is 62.9. The van der Waals surface area contributed by atoms with Gasteiger partial charge >= 0.3 is 5.97 Å². The van der Waals surface area contributed by atoms with Crippen LogP contribution in [0.5, 0.6) is 0 Å². The third kappa shape index (κ3) is 4.49. The average molecular weight is 460 g/mol. The molecule has 0 atom stereocenters. The number of fused-ring (bicyclic) bond motifs is 2. The fourth-order valence-electron chi connectivity index (χ4n) is 3.55. The normalized spacial score (nSPS) is 11.5. The van der Waals surface area contributed by atoms with E-state index in [4.69, 9.17) is 15.3 Å². The van der Waals surface area contributed by atoms with Gasteiger partial charge in [0, 0.05) is 29.8 Å². The molecule has 2 aromatic rings. The number of carbonyl (C=O) groups excluding carboxylic acids is 4. The Labute approximate surface area is 192 Å². The number of nitriles is 2. The smallest absolute Gasteiger partial charge is 0.345 e. The average Bonchev–Trinajstić information content (AvgIpc) is 2.84. The Morgan fingerprint density at radius 3 is 2.09 bits per heavy atom. The van der Waals surface area contributed by atoms with Gasteiger partial charge in [-0.25, -0.2) is 4.79 Å². The Hall–Kier alpha value is -4.90. The Kier molecular flexibility index (Phi) is 7.09. The minimum absolute atomic E-state index is 0.000969. The summed E-state index contributed by atoms with van der Waals surface area (Å²) in [5.41, 5.74) is -2.10. The highest BCUT2D eigenvalue weighted by Crippen LogP contribution is 2.35. The van der Waals surface area contributed by atoms with Crippen molar-refractivity contribution in [3.05, 3.63) is 74.3 Å². The quantitative estimate of drug-likeness (QED) is 0.277. The highest BCUT2D eigenvalue weighted by atomic mass is 16.6. The Morgan fingerprint density at radius 1 is 0.941 bits per heavy atom. The molecule has 170 valence electrons. The SMILES string of the molecule is N#CCCN(CCC#N)C(=O)COC(=O)c1ccc2c(c1[N+](=O)[O-])C(=O)c1ccccc1C2=O. The lowest BCUT2D eigenvalue weighted by atomic mass is 9.82. The summed E-state index contributed by atoms with van der Waals surface area (Å²) in [5, 5.41) is 29.3. The van der Waals surface area contributed by atoms with E-state index in [0.29, 0.717) is 0 Å². The first-order valence-corrected chi connectivity index (χ1v) is 10.0. The van der Waals surface area contributed by atoms with Crippen molar-refractivity contribution in [2.75, 3.05) is 19.7 Å². The van der Waals surface area contributed by atoms with Gasteiger partial charge in [-0.05, 0) is 12.1 Å². The summed E-state index contributed by atoms with van der Waals surface area (Å²) in [6, 6.07) is 11.7. The van der Waals surface area contributed by atoms with Crippen LogP contribution in [0.25, 0.3) is 0 Å².